The van der Waals surface area contributed by atoms with E-state index in [0.29, 0.717) is 29.1 Å². The molecule has 0 aliphatic carbocycles. The summed E-state index contributed by atoms with van der Waals surface area (Å²) in [5.74, 6) is 0.549. The molecule has 1 aromatic heterocycles. The number of halogens is 1. The van der Waals surface area contributed by atoms with Gasteiger partial charge in [-0.15, -0.1) is 10.2 Å². The van der Waals surface area contributed by atoms with E-state index in [1.54, 1.807) is 24.3 Å². The molecule has 1 aliphatic rings. The molecule has 160 valence electrons. The number of hydrogen-bond acceptors (Lipinski definition) is 6. The lowest BCUT2D eigenvalue weighted by molar-refractivity contribution is -0.120. The lowest BCUT2D eigenvalue weighted by atomic mass is 10.1. The highest BCUT2D eigenvalue weighted by molar-refractivity contribution is 7.99. The lowest BCUT2D eigenvalue weighted by Crippen LogP contribution is -2.35. The predicted molar refractivity (Wildman–Crippen MR) is 120 cm³/mol. The van der Waals surface area contributed by atoms with Crippen LogP contribution in [0.1, 0.15) is 24.8 Å². The summed E-state index contributed by atoms with van der Waals surface area (Å²) >= 11 is 7.06. The van der Waals surface area contributed by atoms with E-state index in [4.69, 9.17) is 16.0 Å². The molecule has 0 atom stereocenters. The van der Waals surface area contributed by atoms with Crippen molar-refractivity contribution in [1.29, 1.82) is 0 Å². The minimum Gasteiger partial charge on any atom is -0.411 e. The molecular formula is C22H21ClN4O3S. The molecule has 1 N–H and O–H groups in total. The fraction of sp³-hybridized carbons (Fsp3) is 0.273. The normalized spacial score (nSPS) is 14.0. The number of thioether (sulfide) groups is 1. The van der Waals surface area contributed by atoms with Crippen LogP contribution in [0.25, 0.3) is 11.5 Å². The quantitative estimate of drug-likeness (QED) is 0.533. The first-order chi connectivity index (χ1) is 15.1. The van der Waals surface area contributed by atoms with E-state index in [9.17, 15) is 9.59 Å². The van der Waals surface area contributed by atoms with Crippen LogP contribution < -0.4 is 10.2 Å². The van der Waals surface area contributed by atoms with Gasteiger partial charge in [-0.3, -0.25) is 9.59 Å². The van der Waals surface area contributed by atoms with Crippen molar-refractivity contribution in [3.8, 4) is 11.5 Å². The van der Waals surface area contributed by atoms with Crippen LogP contribution in [0.2, 0.25) is 5.02 Å². The van der Waals surface area contributed by atoms with Gasteiger partial charge >= 0.3 is 0 Å². The van der Waals surface area contributed by atoms with Crippen molar-refractivity contribution in [2.24, 2.45) is 0 Å². The second-order valence-electron chi connectivity index (χ2n) is 7.12. The second-order valence-corrected chi connectivity index (χ2v) is 8.48. The summed E-state index contributed by atoms with van der Waals surface area (Å²) in [5, 5.41) is 11.8. The molecule has 9 heteroatoms. The number of nitrogens with zero attached hydrogens (tertiary/aromatic N) is 3. The molecule has 4 rings (SSSR count). The molecule has 2 amide bonds. The molecule has 1 fully saturated rings. The van der Waals surface area contributed by atoms with Gasteiger partial charge in [0.2, 0.25) is 17.7 Å². The first kappa shape index (κ1) is 21.4. The zero-order valence-electron chi connectivity index (χ0n) is 16.7. The molecule has 0 radical (unpaired) electrons. The van der Waals surface area contributed by atoms with Gasteiger partial charge in [-0.25, -0.2) is 0 Å². The number of aromatic nitrogens is 2. The summed E-state index contributed by atoms with van der Waals surface area (Å²) in [4.78, 5) is 26.2. The third-order valence-corrected chi connectivity index (χ3v) is 5.93. The van der Waals surface area contributed by atoms with E-state index in [-0.39, 0.29) is 17.6 Å². The highest BCUT2D eigenvalue weighted by Crippen LogP contribution is 2.24. The Bertz CT molecular complexity index is 1070. The smallest absolute Gasteiger partial charge is 0.277 e. The molecule has 0 spiro atoms. The van der Waals surface area contributed by atoms with Gasteiger partial charge in [-0.1, -0.05) is 35.5 Å². The van der Waals surface area contributed by atoms with Gasteiger partial charge in [0.15, 0.2) is 0 Å². The fourth-order valence-electron chi connectivity index (χ4n) is 3.27. The molecule has 1 saturated heterocycles. The van der Waals surface area contributed by atoms with Crippen LogP contribution in [0, 0.1) is 0 Å². The number of carbonyl (C=O) groups excluding carboxylic acids is 2. The van der Waals surface area contributed by atoms with E-state index in [1.165, 1.54) is 11.8 Å². The van der Waals surface area contributed by atoms with E-state index >= 15 is 0 Å². The molecule has 2 aromatic carbocycles. The molecule has 0 saturated carbocycles. The Hall–Kier alpha value is -2.84. The number of piperidine rings is 1. The van der Waals surface area contributed by atoms with Crippen molar-refractivity contribution in [3.63, 3.8) is 0 Å². The maximum absolute atomic E-state index is 12.2. The van der Waals surface area contributed by atoms with Crippen LogP contribution in [0.3, 0.4) is 0 Å². The Balaban J connectivity index is 1.28. The van der Waals surface area contributed by atoms with Gasteiger partial charge in [0.25, 0.3) is 5.22 Å². The maximum Gasteiger partial charge on any atom is 0.277 e. The van der Waals surface area contributed by atoms with E-state index in [2.05, 4.69) is 15.5 Å². The Morgan fingerprint density at radius 3 is 2.81 bits per heavy atom. The van der Waals surface area contributed by atoms with E-state index in [1.807, 2.05) is 29.2 Å². The molecule has 0 bridgehead atoms. The average molecular weight is 457 g/mol. The van der Waals surface area contributed by atoms with Gasteiger partial charge < -0.3 is 14.6 Å². The van der Waals surface area contributed by atoms with E-state index < -0.39 is 0 Å². The van der Waals surface area contributed by atoms with Crippen LogP contribution in [0.4, 0.5) is 5.69 Å². The summed E-state index contributed by atoms with van der Waals surface area (Å²) < 4.78 is 5.60. The Labute approximate surface area is 189 Å². The highest BCUT2D eigenvalue weighted by Gasteiger charge is 2.19. The molecule has 3 aromatic rings. The zero-order valence-corrected chi connectivity index (χ0v) is 18.3. The third kappa shape index (κ3) is 5.65. The molecule has 31 heavy (non-hydrogen) atoms. The maximum atomic E-state index is 12.2. The lowest BCUT2D eigenvalue weighted by Gasteiger charge is -2.27. The number of carbonyl (C=O) groups is 2. The summed E-state index contributed by atoms with van der Waals surface area (Å²) in [6.07, 6.45) is 2.55. The van der Waals surface area contributed by atoms with E-state index in [0.717, 1.165) is 36.2 Å². The van der Waals surface area contributed by atoms with Crippen molar-refractivity contribution in [2.75, 3.05) is 17.2 Å². The van der Waals surface area contributed by atoms with Crippen LogP contribution >= 0.6 is 23.4 Å². The van der Waals surface area contributed by atoms with Gasteiger partial charge in [0, 0.05) is 35.8 Å². The van der Waals surface area contributed by atoms with Gasteiger partial charge in [0.1, 0.15) is 0 Å². The molecule has 1 aliphatic heterocycles. The van der Waals surface area contributed by atoms with Crippen molar-refractivity contribution in [1.82, 2.24) is 15.5 Å². The van der Waals surface area contributed by atoms with Crippen molar-refractivity contribution in [3.05, 3.63) is 59.1 Å². The topological polar surface area (TPSA) is 88.3 Å². The minimum atomic E-state index is -0.143. The van der Waals surface area contributed by atoms with Crippen LogP contribution in [0.5, 0.6) is 0 Å². The van der Waals surface area contributed by atoms with Gasteiger partial charge in [-0.2, -0.15) is 0 Å². The number of hydrogen-bond donors (Lipinski definition) is 1. The number of rotatable bonds is 7. The number of anilines is 1. The second kappa shape index (κ2) is 9.98. The number of benzene rings is 2. The monoisotopic (exact) mass is 456 g/mol. The van der Waals surface area contributed by atoms with Gasteiger partial charge in [0.05, 0.1) is 5.75 Å². The summed E-state index contributed by atoms with van der Waals surface area (Å²) in [7, 11) is 0. The third-order valence-electron chi connectivity index (χ3n) is 4.86. The number of nitrogens with one attached hydrogen (secondary N) is 1. The SMILES string of the molecule is O=C(CSc1nnc(-c2ccc(Cl)cc2)o1)NCc1cccc(N2CCCCC2=O)c1. The first-order valence-electron chi connectivity index (χ1n) is 9.97. The Kier molecular flexibility index (Phi) is 6.89. The minimum absolute atomic E-state index is 0.143. The largest absolute Gasteiger partial charge is 0.411 e. The molecule has 7 nitrogen and oxygen atoms in total. The van der Waals surface area contributed by atoms with Crippen LogP contribution in [-0.4, -0.2) is 34.3 Å². The predicted octanol–water partition coefficient (Wildman–Crippen LogP) is 4.32. The van der Waals surface area contributed by atoms with Crippen molar-refractivity contribution in [2.45, 2.75) is 31.0 Å². The first-order valence-corrected chi connectivity index (χ1v) is 11.3. The van der Waals surface area contributed by atoms with Crippen molar-refractivity contribution >= 4 is 40.9 Å². The Morgan fingerprint density at radius 2 is 2.00 bits per heavy atom. The molecule has 2 heterocycles. The summed E-state index contributed by atoms with van der Waals surface area (Å²) in [6, 6.07) is 14.8. The highest BCUT2D eigenvalue weighted by atomic mass is 35.5. The van der Waals surface area contributed by atoms with Crippen LogP contribution in [-0.2, 0) is 16.1 Å². The van der Waals surface area contributed by atoms with Crippen molar-refractivity contribution < 1.29 is 14.0 Å². The Morgan fingerprint density at radius 1 is 1.16 bits per heavy atom. The standard InChI is InChI=1S/C22H21ClN4O3S/c23-17-9-7-16(8-10-17)21-25-26-22(30-21)31-14-19(28)24-13-15-4-3-5-18(12-15)27-11-2-1-6-20(27)29/h3-5,7-10,12H,1-2,6,11,13-14H2,(H,24,28). The number of amides is 2. The molecule has 0 unspecified atom stereocenters. The average Bonchev–Trinajstić information content (AvgIpc) is 3.26. The zero-order chi connectivity index (χ0) is 21.6. The van der Waals surface area contributed by atoms with Gasteiger partial charge in [-0.05, 0) is 54.8 Å². The summed E-state index contributed by atoms with van der Waals surface area (Å²) in [6.45, 7) is 1.13. The fourth-order valence-corrected chi connectivity index (χ4v) is 3.99. The van der Waals surface area contributed by atoms with Crippen LogP contribution in [0.15, 0.2) is 58.2 Å². The molecular weight excluding hydrogens is 436 g/mol. The summed E-state index contributed by atoms with van der Waals surface area (Å²) in [5.41, 5.74) is 2.59.